The van der Waals surface area contributed by atoms with Gasteiger partial charge < -0.3 is 5.32 Å². The molecule has 1 heterocycles. The Bertz CT molecular complexity index is 814. The molecule has 1 amide bonds. The smallest absolute Gasteiger partial charge is 0.347 e. The number of nitrogens with one attached hydrogen (secondary N) is 1. The second kappa shape index (κ2) is 7.72. The molecule has 0 saturated heterocycles. The van der Waals surface area contributed by atoms with E-state index in [1.54, 1.807) is 18.2 Å². The number of benzene rings is 1. The van der Waals surface area contributed by atoms with Crippen LogP contribution in [0.15, 0.2) is 48.7 Å². The Kier molecular flexibility index (Phi) is 5.40. The third-order valence-corrected chi connectivity index (χ3v) is 4.41. The molecule has 0 bridgehead atoms. The van der Waals surface area contributed by atoms with E-state index < -0.39 is 17.6 Å². The number of alkyl halides is 3. The molecule has 1 aliphatic carbocycles. The van der Waals surface area contributed by atoms with E-state index in [4.69, 9.17) is 0 Å². The molecule has 3 nitrogen and oxygen atoms in total. The maximum atomic E-state index is 13.1. The highest BCUT2D eigenvalue weighted by Crippen LogP contribution is 2.34. The van der Waals surface area contributed by atoms with Crippen molar-refractivity contribution < 1.29 is 18.0 Å². The van der Waals surface area contributed by atoms with Gasteiger partial charge in [0.1, 0.15) is 5.69 Å². The molecule has 136 valence electrons. The number of nitrogens with zero attached hydrogens (tertiary/aromatic N) is 1. The van der Waals surface area contributed by atoms with Gasteiger partial charge in [0.05, 0.1) is 5.56 Å². The van der Waals surface area contributed by atoms with Crippen LogP contribution in [0, 0.1) is 0 Å². The van der Waals surface area contributed by atoms with Crippen molar-refractivity contribution in [3.63, 3.8) is 0 Å². The molecule has 0 spiro atoms. The second-order valence-corrected chi connectivity index (χ2v) is 6.24. The number of carbonyl (C=O) groups excluding carboxylic acids is 1. The lowest BCUT2D eigenvalue weighted by atomic mass is 9.89. The van der Waals surface area contributed by atoms with Gasteiger partial charge >= 0.3 is 6.18 Å². The number of rotatable bonds is 4. The zero-order chi connectivity index (χ0) is 18.6. The summed E-state index contributed by atoms with van der Waals surface area (Å²) >= 11 is 0. The van der Waals surface area contributed by atoms with Crippen molar-refractivity contribution in [1.82, 2.24) is 10.3 Å². The van der Waals surface area contributed by atoms with Gasteiger partial charge in [-0.3, -0.25) is 9.78 Å². The average molecular weight is 360 g/mol. The minimum Gasteiger partial charge on any atom is -0.347 e. The summed E-state index contributed by atoms with van der Waals surface area (Å²) in [5, 5.41) is 2.68. The summed E-state index contributed by atoms with van der Waals surface area (Å²) in [4.78, 5) is 16.1. The van der Waals surface area contributed by atoms with Crippen LogP contribution in [0.3, 0.4) is 0 Å². The summed E-state index contributed by atoms with van der Waals surface area (Å²) in [5.74, 6) is -0.411. The predicted octanol–water partition coefficient (Wildman–Crippen LogP) is 4.99. The van der Waals surface area contributed by atoms with Crippen molar-refractivity contribution in [2.45, 2.75) is 38.4 Å². The summed E-state index contributed by atoms with van der Waals surface area (Å²) in [7, 11) is 0. The fourth-order valence-corrected chi connectivity index (χ4v) is 3.08. The van der Waals surface area contributed by atoms with Gasteiger partial charge in [0, 0.05) is 12.7 Å². The largest absolute Gasteiger partial charge is 0.416 e. The van der Waals surface area contributed by atoms with Crippen molar-refractivity contribution in [3.8, 4) is 0 Å². The first-order valence-electron chi connectivity index (χ1n) is 8.54. The van der Waals surface area contributed by atoms with Crippen LogP contribution in [0.5, 0.6) is 0 Å². The lowest BCUT2D eigenvalue weighted by Gasteiger charge is -2.19. The number of hydrogen-bond acceptors (Lipinski definition) is 2. The van der Waals surface area contributed by atoms with Gasteiger partial charge in [0.2, 0.25) is 0 Å². The van der Waals surface area contributed by atoms with Gasteiger partial charge in [0.25, 0.3) is 5.91 Å². The highest BCUT2D eigenvalue weighted by atomic mass is 19.4. The first kappa shape index (κ1) is 18.2. The lowest BCUT2D eigenvalue weighted by molar-refractivity contribution is -0.137. The third-order valence-electron chi connectivity index (χ3n) is 4.41. The molecule has 0 radical (unpaired) electrons. The zero-order valence-corrected chi connectivity index (χ0v) is 14.1. The molecular formula is C20H19F3N2O. The minimum atomic E-state index is -4.42. The van der Waals surface area contributed by atoms with Gasteiger partial charge in [-0.1, -0.05) is 18.2 Å². The molecule has 0 unspecified atom stereocenters. The van der Waals surface area contributed by atoms with Gasteiger partial charge in [0.15, 0.2) is 0 Å². The maximum Gasteiger partial charge on any atom is 0.416 e. The van der Waals surface area contributed by atoms with E-state index in [0.29, 0.717) is 5.56 Å². The summed E-state index contributed by atoms with van der Waals surface area (Å²) in [5.41, 5.74) is 1.82. The number of hydrogen-bond donors (Lipinski definition) is 1. The minimum absolute atomic E-state index is 0.0198. The van der Waals surface area contributed by atoms with Crippen LogP contribution in [0.4, 0.5) is 13.2 Å². The standard InChI is InChI=1S/C20H19F3N2O/c21-20(22,23)16-9-10-17(14-6-2-1-3-7-14)15(12-16)13-25-19(26)18-8-4-5-11-24-18/h4-6,8-12H,1-3,7,13H2,(H,25,26). The van der Waals surface area contributed by atoms with Crippen LogP contribution in [0.1, 0.15) is 52.9 Å². The Morgan fingerprint density at radius 2 is 2.00 bits per heavy atom. The topological polar surface area (TPSA) is 42.0 Å². The van der Waals surface area contributed by atoms with Crippen molar-refractivity contribution in [3.05, 3.63) is 71.1 Å². The molecule has 1 aliphatic rings. The molecule has 0 aliphatic heterocycles. The number of halogens is 3. The van der Waals surface area contributed by atoms with Gasteiger partial charge in [-0.25, -0.2) is 0 Å². The van der Waals surface area contributed by atoms with E-state index in [-0.39, 0.29) is 12.2 Å². The molecule has 0 fully saturated rings. The summed E-state index contributed by atoms with van der Waals surface area (Å²) in [6.07, 6.45) is 3.04. The molecule has 1 N–H and O–H groups in total. The second-order valence-electron chi connectivity index (χ2n) is 6.24. The van der Waals surface area contributed by atoms with Crippen molar-refractivity contribution >= 4 is 11.5 Å². The van der Waals surface area contributed by atoms with Crippen LogP contribution >= 0.6 is 0 Å². The number of allylic oxidation sites excluding steroid dienone is 2. The molecule has 26 heavy (non-hydrogen) atoms. The molecule has 6 heteroatoms. The van der Waals surface area contributed by atoms with E-state index in [0.717, 1.165) is 49.0 Å². The number of carbonyl (C=O) groups is 1. The number of pyridine rings is 1. The van der Waals surface area contributed by atoms with Crippen LogP contribution in [-0.4, -0.2) is 10.9 Å². The SMILES string of the molecule is O=C(NCc1cc(C(F)(F)F)ccc1C1=CCCCC1)c1ccccn1. The Balaban J connectivity index is 1.87. The predicted molar refractivity (Wildman–Crippen MR) is 93.3 cm³/mol. The van der Waals surface area contributed by atoms with E-state index in [1.165, 1.54) is 12.3 Å². The molecule has 3 rings (SSSR count). The first-order valence-corrected chi connectivity index (χ1v) is 8.54. The Labute approximate surface area is 150 Å². The van der Waals surface area contributed by atoms with E-state index in [9.17, 15) is 18.0 Å². The van der Waals surface area contributed by atoms with Crippen LogP contribution in [0.2, 0.25) is 0 Å². The van der Waals surface area contributed by atoms with Crippen molar-refractivity contribution in [2.24, 2.45) is 0 Å². The molecule has 1 aromatic carbocycles. The van der Waals surface area contributed by atoms with Crippen LogP contribution in [-0.2, 0) is 12.7 Å². The summed E-state index contributed by atoms with van der Waals surface area (Å²) < 4.78 is 39.3. The van der Waals surface area contributed by atoms with Crippen molar-refractivity contribution in [2.75, 3.05) is 0 Å². The Morgan fingerprint density at radius 1 is 1.15 bits per heavy atom. The van der Waals surface area contributed by atoms with E-state index in [1.807, 2.05) is 0 Å². The lowest BCUT2D eigenvalue weighted by Crippen LogP contribution is -2.24. The summed E-state index contributed by atoms with van der Waals surface area (Å²) in [6, 6.07) is 8.69. The van der Waals surface area contributed by atoms with Gasteiger partial charge in [-0.05, 0) is 66.6 Å². The molecule has 2 aromatic rings. The first-order chi connectivity index (χ1) is 12.4. The highest BCUT2D eigenvalue weighted by Gasteiger charge is 2.31. The van der Waals surface area contributed by atoms with Gasteiger partial charge in [-0.15, -0.1) is 0 Å². The van der Waals surface area contributed by atoms with E-state index in [2.05, 4.69) is 16.4 Å². The zero-order valence-electron chi connectivity index (χ0n) is 14.1. The average Bonchev–Trinajstić information content (AvgIpc) is 2.66. The fraction of sp³-hybridized carbons (Fsp3) is 0.300. The normalized spacial score (nSPS) is 14.7. The number of amides is 1. The molecule has 0 atom stereocenters. The van der Waals surface area contributed by atoms with Crippen LogP contribution in [0.25, 0.3) is 5.57 Å². The maximum absolute atomic E-state index is 13.1. The van der Waals surface area contributed by atoms with E-state index >= 15 is 0 Å². The van der Waals surface area contributed by atoms with Crippen LogP contribution < -0.4 is 5.32 Å². The molecule has 0 saturated carbocycles. The Hall–Kier alpha value is -2.63. The Morgan fingerprint density at radius 3 is 2.65 bits per heavy atom. The molecule has 1 aromatic heterocycles. The summed E-state index contributed by atoms with van der Waals surface area (Å²) in [6.45, 7) is 0.0198. The highest BCUT2D eigenvalue weighted by molar-refractivity contribution is 5.92. The fourth-order valence-electron chi connectivity index (χ4n) is 3.08. The third kappa shape index (κ3) is 4.31. The van der Waals surface area contributed by atoms with Gasteiger partial charge in [-0.2, -0.15) is 13.2 Å². The number of aromatic nitrogens is 1. The quantitative estimate of drug-likeness (QED) is 0.835. The monoisotopic (exact) mass is 360 g/mol. The molecular weight excluding hydrogens is 341 g/mol. The van der Waals surface area contributed by atoms with Crippen molar-refractivity contribution in [1.29, 1.82) is 0 Å².